The third kappa shape index (κ3) is 4.65. The Morgan fingerprint density at radius 3 is 2.93 bits per heavy atom. The van der Waals surface area contributed by atoms with E-state index in [2.05, 4.69) is 31.4 Å². The Labute approximate surface area is 93.0 Å². The molecule has 0 bridgehead atoms. The molecule has 1 atom stereocenters. The molecule has 1 aliphatic heterocycles. The van der Waals surface area contributed by atoms with E-state index < -0.39 is 0 Å². The maximum atomic E-state index is 11.4. The molecule has 3 heteroatoms. The Morgan fingerprint density at radius 1 is 1.53 bits per heavy atom. The van der Waals surface area contributed by atoms with Crippen molar-refractivity contribution in [1.29, 1.82) is 0 Å². The standard InChI is InChI=1S/C12H24N2O/c1-4-7-12(2,3)14-10-6-5-8-13-11(15)9-10/h10,14H,4-9H2,1-3H3,(H,13,15). The highest BCUT2D eigenvalue weighted by atomic mass is 16.1. The van der Waals surface area contributed by atoms with E-state index in [0.29, 0.717) is 12.5 Å². The molecular weight excluding hydrogens is 188 g/mol. The van der Waals surface area contributed by atoms with Gasteiger partial charge in [0.05, 0.1) is 0 Å². The van der Waals surface area contributed by atoms with E-state index in [1.165, 1.54) is 6.42 Å². The average molecular weight is 212 g/mol. The van der Waals surface area contributed by atoms with Crippen LogP contribution in [0.1, 0.15) is 52.9 Å². The van der Waals surface area contributed by atoms with Crippen molar-refractivity contribution >= 4 is 5.91 Å². The number of hydrogen-bond donors (Lipinski definition) is 2. The summed E-state index contributed by atoms with van der Waals surface area (Å²) in [4.78, 5) is 11.4. The second kappa shape index (κ2) is 5.50. The van der Waals surface area contributed by atoms with Crippen LogP contribution in [0.5, 0.6) is 0 Å². The predicted octanol–water partition coefficient (Wildman–Crippen LogP) is 1.82. The lowest BCUT2D eigenvalue weighted by Crippen LogP contribution is -2.46. The van der Waals surface area contributed by atoms with E-state index in [1.807, 2.05) is 0 Å². The first-order chi connectivity index (χ1) is 7.03. The van der Waals surface area contributed by atoms with Crippen molar-refractivity contribution in [1.82, 2.24) is 10.6 Å². The van der Waals surface area contributed by atoms with Crippen LogP contribution in [0, 0.1) is 0 Å². The molecule has 2 N–H and O–H groups in total. The molecule has 1 saturated heterocycles. The molecule has 0 spiro atoms. The van der Waals surface area contributed by atoms with Gasteiger partial charge in [-0.3, -0.25) is 4.79 Å². The van der Waals surface area contributed by atoms with E-state index in [-0.39, 0.29) is 11.4 Å². The molecule has 88 valence electrons. The summed E-state index contributed by atoms with van der Waals surface area (Å²) in [6.07, 6.45) is 5.16. The van der Waals surface area contributed by atoms with Crippen molar-refractivity contribution < 1.29 is 4.79 Å². The molecule has 0 aromatic heterocycles. The second-order valence-electron chi connectivity index (χ2n) is 5.17. The Hall–Kier alpha value is -0.570. The Morgan fingerprint density at radius 2 is 2.27 bits per heavy atom. The molecule has 3 nitrogen and oxygen atoms in total. The minimum Gasteiger partial charge on any atom is -0.356 e. The highest BCUT2D eigenvalue weighted by Gasteiger charge is 2.24. The number of rotatable bonds is 4. The number of amides is 1. The maximum Gasteiger partial charge on any atom is 0.221 e. The first-order valence-corrected chi connectivity index (χ1v) is 6.08. The van der Waals surface area contributed by atoms with Crippen molar-refractivity contribution in [2.24, 2.45) is 0 Å². The van der Waals surface area contributed by atoms with Crippen LogP contribution in [-0.2, 0) is 4.79 Å². The van der Waals surface area contributed by atoms with Crippen molar-refractivity contribution in [3.05, 3.63) is 0 Å². The molecule has 1 heterocycles. The normalized spacial score (nSPS) is 23.4. The number of carbonyl (C=O) groups is 1. The van der Waals surface area contributed by atoms with Gasteiger partial charge in [-0.2, -0.15) is 0 Å². The van der Waals surface area contributed by atoms with Crippen molar-refractivity contribution in [2.45, 2.75) is 64.5 Å². The molecule has 0 aromatic rings. The Bertz CT molecular complexity index is 214. The highest BCUT2D eigenvalue weighted by molar-refractivity contribution is 5.76. The van der Waals surface area contributed by atoms with E-state index in [0.717, 1.165) is 25.8 Å². The summed E-state index contributed by atoms with van der Waals surface area (Å²) >= 11 is 0. The quantitative estimate of drug-likeness (QED) is 0.746. The van der Waals surface area contributed by atoms with Gasteiger partial charge in [0, 0.05) is 24.5 Å². The van der Waals surface area contributed by atoms with Crippen LogP contribution in [0.15, 0.2) is 0 Å². The Kier molecular flexibility index (Phi) is 4.58. The molecule has 1 amide bonds. The lowest BCUT2D eigenvalue weighted by Gasteiger charge is -2.31. The number of hydrogen-bond acceptors (Lipinski definition) is 2. The first kappa shape index (κ1) is 12.5. The molecule has 0 saturated carbocycles. The lowest BCUT2D eigenvalue weighted by atomic mass is 9.96. The van der Waals surface area contributed by atoms with Gasteiger partial charge in [-0.15, -0.1) is 0 Å². The number of carbonyl (C=O) groups excluding carboxylic acids is 1. The van der Waals surface area contributed by atoms with Crippen molar-refractivity contribution in [3.8, 4) is 0 Å². The van der Waals surface area contributed by atoms with Gasteiger partial charge in [0.1, 0.15) is 0 Å². The zero-order valence-corrected chi connectivity index (χ0v) is 10.2. The lowest BCUT2D eigenvalue weighted by molar-refractivity contribution is -0.121. The summed E-state index contributed by atoms with van der Waals surface area (Å²) in [7, 11) is 0. The third-order valence-electron chi connectivity index (χ3n) is 2.95. The van der Waals surface area contributed by atoms with Gasteiger partial charge in [-0.1, -0.05) is 13.3 Å². The largest absolute Gasteiger partial charge is 0.356 e. The fourth-order valence-corrected chi connectivity index (χ4v) is 2.35. The SMILES string of the molecule is CCCC(C)(C)NC1CCCNC(=O)C1. The smallest absolute Gasteiger partial charge is 0.221 e. The molecular formula is C12H24N2O. The summed E-state index contributed by atoms with van der Waals surface area (Å²) in [6, 6.07) is 0.356. The monoisotopic (exact) mass is 212 g/mol. The molecule has 1 aliphatic rings. The fourth-order valence-electron chi connectivity index (χ4n) is 2.35. The Balaban J connectivity index is 2.44. The van der Waals surface area contributed by atoms with E-state index >= 15 is 0 Å². The van der Waals surface area contributed by atoms with Gasteiger partial charge in [-0.05, 0) is 33.1 Å². The summed E-state index contributed by atoms with van der Waals surface area (Å²) in [6.45, 7) is 7.48. The molecule has 1 fully saturated rings. The van der Waals surface area contributed by atoms with E-state index in [9.17, 15) is 4.79 Å². The van der Waals surface area contributed by atoms with E-state index in [1.54, 1.807) is 0 Å². The molecule has 1 rings (SSSR count). The van der Waals surface area contributed by atoms with Gasteiger partial charge in [-0.25, -0.2) is 0 Å². The summed E-state index contributed by atoms with van der Waals surface area (Å²) in [5.74, 6) is 0.192. The van der Waals surface area contributed by atoms with Crippen LogP contribution in [0.25, 0.3) is 0 Å². The first-order valence-electron chi connectivity index (χ1n) is 6.08. The van der Waals surface area contributed by atoms with Gasteiger partial charge < -0.3 is 10.6 Å². The molecule has 0 radical (unpaired) electrons. The topological polar surface area (TPSA) is 41.1 Å². The van der Waals surface area contributed by atoms with Crippen molar-refractivity contribution in [3.63, 3.8) is 0 Å². The minimum atomic E-state index is 0.157. The molecule has 0 aliphatic carbocycles. The second-order valence-corrected chi connectivity index (χ2v) is 5.17. The average Bonchev–Trinajstić information content (AvgIpc) is 2.28. The van der Waals surface area contributed by atoms with Gasteiger partial charge in [0.15, 0.2) is 0 Å². The zero-order valence-electron chi connectivity index (χ0n) is 10.2. The van der Waals surface area contributed by atoms with Crippen LogP contribution in [-0.4, -0.2) is 24.0 Å². The van der Waals surface area contributed by atoms with Gasteiger partial charge in [0.25, 0.3) is 0 Å². The van der Waals surface area contributed by atoms with Gasteiger partial charge >= 0.3 is 0 Å². The van der Waals surface area contributed by atoms with Crippen LogP contribution >= 0.6 is 0 Å². The summed E-state index contributed by atoms with van der Waals surface area (Å²) in [5.41, 5.74) is 0.157. The summed E-state index contributed by atoms with van der Waals surface area (Å²) < 4.78 is 0. The zero-order chi connectivity index (χ0) is 11.3. The van der Waals surface area contributed by atoms with Crippen LogP contribution in [0.4, 0.5) is 0 Å². The predicted molar refractivity (Wildman–Crippen MR) is 62.8 cm³/mol. The van der Waals surface area contributed by atoms with Crippen LogP contribution in [0.2, 0.25) is 0 Å². The summed E-state index contributed by atoms with van der Waals surface area (Å²) in [5, 5.41) is 6.52. The van der Waals surface area contributed by atoms with Gasteiger partial charge in [0.2, 0.25) is 5.91 Å². The fraction of sp³-hybridized carbons (Fsp3) is 0.917. The maximum absolute atomic E-state index is 11.4. The van der Waals surface area contributed by atoms with Crippen LogP contribution in [0.3, 0.4) is 0 Å². The van der Waals surface area contributed by atoms with E-state index in [4.69, 9.17) is 0 Å². The van der Waals surface area contributed by atoms with Crippen LogP contribution < -0.4 is 10.6 Å². The number of nitrogens with one attached hydrogen (secondary N) is 2. The molecule has 15 heavy (non-hydrogen) atoms. The molecule has 1 unspecified atom stereocenters. The highest BCUT2D eigenvalue weighted by Crippen LogP contribution is 2.16. The van der Waals surface area contributed by atoms with Crippen molar-refractivity contribution in [2.75, 3.05) is 6.54 Å². The molecule has 0 aromatic carbocycles. The minimum absolute atomic E-state index is 0.157. The third-order valence-corrected chi connectivity index (χ3v) is 2.95.